The van der Waals surface area contributed by atoms with Crippen molar-refractivity contribution in [2.75, 3.05) is 16.8 Å². The number of rotatable bonds is 2. The van der Waals surface area contributed by atoms with Crippen molar-refractivity contribution in [3.05, 3.63) is 47.5 Å². The van der Waals surface area contributed by atoms with Gasteiger partial charge < -0.3 is 16.8 Å². The summed E-state index contributed by atoms with van der Waals surface area (Å²) in [5.41, 5.74) is 17.4. The molecular formula is C14H19Cl2N3. The lowest BCUT2D eigenvalue weighted by Crippen LogP contribution is -2.03. The molecule has 0 saturated carbocycles. The highest BCUT2D eigenvalue weighted by atomic mass is 35.5. The second-order valence-electron chi connectivity index (χ2n) is 4.18. The summed E-state index contributed by atoms with van der Waals surface area (Å²) in [5, 5.41) is 3.30. The first-order chi connectivity index (χ1) is 8.09. The summed E-state index contributed by atoms with van der Waals surface area (Å²) in [4.78, 5) is 0. The summed E-state index contributed by atoms with van der Waals surface area (Å²) in [6, 6.07) is 11.9. The van der Waals surface area contributed by atoms with E-state index in [1.54, 1.807) is 0 Å². The molecule has 0 atom stereocenters. The number of hydrogen-bond donors (Lipinski definition) is 3. The molecule has 0 saturated heterocycles. The van der Waals surface area contributed by atoms with Crippen LogP contribution in [0.1, 0.15) is 11.1 Å². The minimum absolute atomic E-state index is 0. The second-order valence-corrected chi connectivity index (χ2v) is 4.18. The molecule has 0 aromatic heterocycles. The van der Waals surface area contributed by atoms with Crippen LogP contribution in [0, 0.1) is 13.8 Å². The van der Waals surface area contributed by atoms with Gasteiger partial charge in [0.15, 0.2) is 0 Å². The fourth-order valence-electron chi connectivity index (χ4n) is 1.80. The van der Waals surface area contributed by atoms with Crippen molar-refractivity contribution in [3.8, 4) is 0 Å². The fraction of sp³-hybridized carbons (Fsp3) is 0.143. The Morgan fingerprint density at radius 2 is 1.47 bits per heavy atom. The van der Waals surface area contributed by atoms with Crippen LogP contribution >= 0.6 is 24.8 Å². The van der Waals surface area contributed by atoms with Gasteiger partial charge in [-0.1, -0.05) is 18.2 Å². The van der Waals surface area contributed by atoms with E-state index in [2.05, 4.69) is 5.32 Å². The molecule has 2 aromatic carbocycles. The summed E-state index contributed by atoms with van der Waals surface area (Å²) in [6.45, 7) is 3.92. The van der Waals surface area contributed by atoms with Gasteiger partial charge >= 0.3 is 0 Å². The molecule has 0 fully saturated rings. The molecule has 0 spiro atoms. The molecule has 3 nitrogen and oxygen atoms in total. The summed E-state index contributed by atoms with van der Waals surface area (Å²) < 4.78 is 0. The fourth-order valence-corrected chi connectivity index (χ4v) is 1.80. The molecule has 5 N–H and O–H groups in total. The van der Waals surface area contributed by atoms with Gasteiger partial charge in [-0.2, -0.15) is 0 Å². The highest BCUT2D eigenvalue weighted by Gasteiger charge is 2.08. The van der Waals surface area contributed by atoms with E-state index in [1.165, 1.54) is 0 Å². The van der Waals surface area contributed by atoms with Gasteiger partial charge in [0, 0.05) is 11.4 Å². The molecule has 0 aliphatic carbocycles. The van der Waals surface area contributed by atoms with Crippen LogP contribution in [0.5, 0.6) is 0 Å². The lowest BCUT2D eigenvalue weighted by Gasteiger charge is -2.15. The van der Waals surface area contributed by atoms with E-state index in [9.17, 15) is 0 Å². The predicted molar refractivity (Wildman–Crippen MR) is 89.0 cm³/mol. The predicted octanol–water partition coefficient (Wildman–Crippen LogP) is 4.06. The first-order valence-corrected chi connectivity index (χ1v) is 5.57. The van der Waals surface area contributed by atoms with Crippen molar-refractivity contribution < 1.29 is 0 Å². The maximum Gasteiger partial charge on any atom is 0.0624 e. The van der Waals surface area contributed by atoms with Gasteiger partial charge in [0.1, 0.15) is 0 Å². The van der Waals surface area contributed by atoms with E-state index >= 15 is 0 Å². The topological polar surface area (TPSA) is 64.1 Å². The minimum atomic E-state index is 0. The number of anilines is 4. The molecule has 2 rings (SSSR count). The molecule has 104 valence electrons. The summed E-state index contributed by atoms with van der Waals surface area (Å²) in [6.07, 6.45) is 0. The lowest BCUT2D eigenvalue weighted by atomic mass is 10.1. The van der Waals surface area contributed by atoms with Gasteiger partial charge in [-0.25, -0.2) is 0 Å². The van der Waals surface area contributed by atoms with E-state index in [-0.39, 0.29) is 24.8 Å². The van der Waals surface area contributed by atoms with Crippen molar-refractivity contribution in [3.63, 3.8) is 0 Å². The number of nitrogens with one attached hydrogen (secondary N) is 1. The van der Waals surface area contributed by atoms with Gasteiger partial charge in [-0.15, -0.1) is 24.8 Å². The number of nitrogens with two attached hydrogens (primary N) is 2. The standard InChI is InChI=1S/C14H17N3.2ClH/c1-9-8-12(14(16)10(2)13(9)15)17-11-6-4-3-5-7-11;;/h3-8,17H,15-16H2,1-2H3;2*1H. The Morgan fingerprint density at radius 3 is 2.05 bits per heavy atom. The molecular weight excluding hydrogens is 281 g/mol. The summed E-state index contributed by atoms with van der Waals surface area (Å²) in [5.74, 6) is 0. The third kappa shape index (κ3) is 3.69. The van der Waals surface area contributed by atoms with Crippen molar-refractivity contribution >= 4 is 47.6 Å². The molecule has 0 unspecified atom stereocenters. The van der Waals surface area contributed by atoms with Crippen LogP contribution in [0.25, 0.3) is 0 Å². The molecule has 0 radical (unpaired) electrons. The first-order valence-electron chi connectivity index (χ1n) is 5.57. The molecule has 0 amide bonds. The monoisotopic (exact) mass is 299 g/mol. The van der Waals surface area contributed by atoms with Crippen molar-refractivity contribution in [1.82, 2.24) is 0 Å². The Bertz CT molecular complexity index is 542. The largest absolute Gasteiger partial charge is 0.398 e. The SMILES string of the molecule is Cc1cc(Nc2ccccc2)c(N)c(C)c1N.Cl.Cl. The smallest absolute Gasteiger partial charge is 0.0624 e. The Kier molecular flexibility index (Phi) is 6.53. The number of hydrogen-bond acceptors (Lipinski definition) is 3. The van der Waals surface area contributed by atoms with Crippen LogP contribution in [0.4, 0.5) is 22.7 Å². The first kappa shape index (κ1) is 17.4. The van der Waals surface area contributed by atoms with Crippen LogP contribution in [-0.2, 0) is 0 Å². The number of benzene rings is 2. The normalized spacial score (nSPS) is 9.16. The lowest BCUT2D eigenvalue weighted by molar-refractivity contribution is 1.38. The molecule has 0 bridgehead atoms. The van der Waals surface area contributed by atoms with Crippen molar-refractivity contribution in [2.24, 2.45) is 0 Å². The minimum Gasteiger partial charge on any atom is -0.398 e. The van der Waals surface area contributed by atoms with Gasteiger partial charge in [0.2, 0.25) is 0 Å². The third-order valence-electron chi connectivity index (χ3n) is 2.94. The van der Waals surface area contributed by atoms with E-state index in [4.69, 9.17) is 11.5 Å². The van der Waals surface area contributed by atoms with Crippen LogP contribution in [0.3, 0.4) is 0 Å². The second kappa shape index (κ2) is 7.12. The summed E-state index contributed by atoms with van der Waals surface area (Å²) in [7, 11) is 0. The molecule has 5 heteroatoms. The molecule has 0 aliphatic heterocycles. The van der Waals surface area contributed by atoms with E-state index in [1.807, 2.05) is 50.2 Å². The van der Waals surface area contributed by atoms with E-state index in [0.29, 0.717) is 5.69 Å². The number of para-hydroxylation sites is 1. The Morgan fingerprint density at radius 1 is 0.895 bits per heavy atom. The zero-order valence-corrected chi connectivity index (χ0v) is 12.6. The van der Waals surface area contributed by atoms with Crippen molar-refractivity contribution in [1.29, 1.82) is 0 Å². The molecule has 19 heavy (non-hydrogen) atoms. The van der Waals surface area contributed by atoms with Crippen molar-refractivity contribution in [2.45, 2.75) is 13.8 Å². The zero-order chi connectivity index (χ0) is 12.4. The molecule has 2 aromatic rings. The Balaban J connectivity index is 0.00000162. The number of aryl methyl sites for hydroxylation is 1. The Hall–Kier alpha value is -1.58. The van der Waals surface area contributed by atoms with Gasteiger partial charge in [0.05, 0.1) is 11.4 Å². The Labute approximate surface area is 126 Å². The molecule has 0 aliphatic rings. The van der Waals surface area contributed by atoms with E-state index in [0.717, 1.165) is 28.2 Å². The highest BCUT2D eigenvalue weighted by Crippen LogP contribution is 2.32. The summed E-state index contributed by atoms with van der Waals surface area (Å²) >= 11 is 0. The van der Waals surface area contributed by atoms with Crippen LogP contribution in [0.15, 0.2) is 36.4 Å². The zero-order valence-electron chi connectivity index (χ0n) is 10.9. The van der Waals surface area contributed by atoms with E-state index < -0.39 is 0 Å². The van der Waals surface area contributed by atoms with Gasteiger partial charge in [-0.05, 0) is 43.2 Å². The van der Waals surface area contributed by atoms with Gasteiger partial charge in [-0.3, -0.25) is 0 Å². The average Bonchev–Trinajstić information content (AvgIpc) is 2.35. The maximum atomic E-state index is 6.06. The van der Waals surface area contributed by atoms with Crippen LogP contribution in [-0.4, -0.2) is 0 Å². The highest BCUT2D eigenvalue weighted by molar-refractivity contribution is 5.85. The molecule has 0 heterocycles. The van der Waals surface area contributed by atoms with Crippen LogP contribution in [0.2, 0.25) is 0 Å². The maximum absolute atomic E-state index is 6.06. The number of halogens is 2. The number of nitrogen functional groups attached to an aromatic ring is 2. The average molecular weight is 300 g/mol. The van der Waals surface area contributed by atoms with Crippen LogP contribution < -0.4 is 16.8 Å². The van der Waals surface area contributed by atoms with Gasteiger partial charge in [0.25, 0.3) is 0 Å². The third-order valence-corrected chi connectivity index (χ3v) is 2.94. The quantitative estimate of drug-likeness (QED) is 0.733.